The molecule has 2 fully saturated rings. The van der Waals surface area contributed by atoms with Gasteiger partial charge in [-0.05, 0) is 38.3 Å². The van der Waals surface area contributed by atoms with Gasteiger partial charge in [-0.15, -0.1) is 0 Å². The third-order valence-electron chi connectivity index (χ3n) is 4.25. The Bertz CT molecular complexity index is 187. The number of likely N-dealkylation sites (N-methyl/N-ethyl adjacent to an activating group) is 1. The highest BCUT2D eigenvalue weighted by Crippen LogP contribution is 2.29. The topological polar surface area (TPSA) is 15.3 Å². The lowest BCUT2D eigenvalue weighted by atomic mass is 9.85. The van der Waals surface area contributed by atoms with E-state index in [1.165, 1.54) is 51.7 Å². The first-order valence-electron chi connectivity index (χ1n) is 6.77. The molecule has 0 aromatic rings. The monoisotopic (exact) mass is 210 g/mol. The molecule has 1 saturated carbocycles. The largest absolute Gasteiger partial charge is 0.315 e. The molecule has 0 radical (unpaired) electrons. The van der Waals surface area contributed by atoms with Crippen molar-refractivity contribution in [2.45, 2.75) is 58.0 Å². The van der Waals surface area contributed by atoms with E-state index in [9.17, 15) is 0 Å². The molecule has 0 aromatic carbocycles. The van der Waals surface area contributed by atoms with Crippen molar-refractivity contribution >= 4 is 0 Å². The van der Waals surface area contributed by atoms with Gasteiger partial charge in [0.2, 0.25) is 0 Å². The van der Waals surface area contributed by atoms with Crippen molar-refractivity contribution in [2.75, 3.05) is 19.6 Å². The van der Waals surface area contributed by atoms with E-state index in [1.54, 1.807) is 0 Å². The summed E-state index contributed by atoms with van der Waals surface area (Å²) in [6.45, 7) is 8.44. The third kappa shape index (κ3) is 2.73. The predicted octanol–water partition coefficient (Wildman–Crippen LogP) is 2.25. The molecule has 3 atom stereocenters. The third-order valence-corrected chi connectivity index (χ3v) is 4.25. The van der Waals surface area contributed by atoms with Crippen molar-refractivity contribution in [2.24, 2.45) is 5.92 Å². The second kappa shape index (κ2) is 5.31. The molecule has 0 amide bonds. The van der Waals surface area contributed by atoms with E-state index in [2.05, 4.69) is 24.1 Å². The molecule has 1 aliphatic carbocycles. The van der Waals surface area contributed by atoms with Crippen molar-refractivity contribution < 1.29 is 0 Å². The molecule has 88 valence electrons. The van der Waals surface area contributed by atoms with E-state index in [0.717, 1.165) is 18.0 Å². The fraction of sp³-hybridized carbons (Fsp3) is 1.00. The molecule has 2 heteroatoms. The van der Waals surface area contributed by atoms with Gasteiger partial charge >= 0.3 is 0 Å². The average Bonchev–Trinajstić information content (AvgIpc) is 2.72. The summed E-state index contributed by atoms with van der Waals surface area (Å²) in [5.74, 6) is 0.951. The van der Waals surface area contributed by atoms with Gasteiger partial charge in [-0.2, -0.15) is 0 Å². The molecule has 2 aliphatic rings. The minimum absolute atomic E-state index is 0.824. The zero-order valence-electron chi connectivity index (χ0n) is 10.3. The lowest BCUT2D eigenvalue weighted by molar-refractivity contribution is 0.102. The van der Waals surface area contributed by atoms with Crippen LogP contribution in [0.3, 0.4) is 0 Å². The Morgan fingerprint density at radius 3 is 2.67 bits per heavy atom. The molecule has 0 spiro atoms. The molecular weight excluding hydrogens is 184 g/mol. The first kappa shape index (κ1) is 11.4. The van der Waals surface area contributed by atoms with E-state index >= 15 is 0 Å². The molecule has 1 aliphatic heterocycles. The first-order chi connectivity index (χ1) is 7.31. The molecule has 3 unspecified atom stereocenters. The van der Waals surface area contributed by atoms with Crippen molar-refractivity contribution in [3.8, 4) is 0 Å². The maximum atomic E-state index is 3.50. The quantitative estimate of drug-likeness (QED) is 0.768. The van der Waals surface area contributed by atoms with Crippen molar-refractivity contribution in [1.29, 1.82) is 0 Å². The lowest BCUT2D eigenvalue weighted by Crippen LogP contribution is -2.46. The highest BCUT2D eigenvalue weighted by Gasteiger charge is 2.29. The van der Waals surface area contributed by atoms with E-state index in [1.807, 2.05) is 0 Å². The normalized spacial score (nSPS) is 37.4. The molecular formula is C13H26N2. The summed E-state index contributed by atoms with van der Waals surface area (Å²) in [7, 11) is 0. The Kier molecular flexibility index (Phi) is 4.04. The maximum Gasteiger partial charge on any atom is 0.0235 e. The molecule has 1 heterocycles. The van der Waals surface area contributed by atoms with E-state index < -0.39 is 0 Å². The van der Waals surface area contributed by atoms with Crippen LogP contribution in [0.5, 0.6) is 0 Å². The highest BCUT2D eigenvalue weighted by atomic mass is 15.2. The highest BCUT2D eigenvalue weighted by molar-refractivity contribution is 4.87. The molecule has 1 N–H and O–H groups in total. The van der Waals surface area contributed by atoms with Gasteiger partial charge in [0.15, 0.2) is 0 Å². The fourth-order valence-corrected chi connectivity index (χ4v) is 3.44. The SMILES string of the molecule is CCN(C1CCNC1)C1CCCC(C)C1. The summed E-state index contributed by atoms with van der Waals surface area (Å²) in [4.78, 5) is 2.77. The van der Waals surface area contributed by atoms with Gasteiger partial charge in [0.05, 0.1) is 0 Å². The van der Waals surface area contributed by atoms with Gasteiger partial charge in [-0.25, -0.2) is 0 Å². The van der Waals surface area contributed by atoms with Crippen LogP contribution in [-0.2, 0) is 0 Å². The minimum Gasteiger partial charge on any atom is -0.315 e. The molecule has 15 heavy (non-hydrogen) atoms. The van der Waals surface area contributed by atoms with Gasteiger partial charge in [0.25, 0.3) is 0 Å². The Balaban J connectivity index is 1.92. The maximum absolute atomic E-state index is 3.50. The summed E-state index contributed by atoms with van der Waals surface area (Å²) in [5.41, 5.74) is 0. The van der Waals surface area contributed by atoms with Crippen molar-refractivity contribution in [3.63, 3.8) is 0 Å². The smallest absolute Gasteiger partial charge is 0.0235 e. The van der Waals surface area contributed by atoms with Gasteiger partial charge in [-0.1, -0.05) is 26.7 Å². The van der Waals surface area contributed by atoms with Crippen LogP contribution < -0.4 is 5.32 Å². The summed E-state index contributed by atoms with van der Waals surface area (Å²) < 4.78 is 0. The van der Waals surface area contributed by atoms with Crippen LogP contribution in [0.2, 0.25) is 0 Å². The molecule has 2 nitrogen and oxygen atoms in total. The molecule has 0 aromatic heterocycles. The fourth-order valence-electron chi connectivity index (χ4n) is 3.44. The second-order valence-corrected chi connectivity index (χ2v) is 5.40. The van der Waals surface area contributed by atoms with Crippen LogP contribution in [0.25, 0.3) is 0 Å². The average molecular weight is 210 g/mol. The van der Waals surface area contributed by atoms with E-state index in [0.29, 0.717) is 0 Å². The standard InChI is InChI=1S/C13H26N2/c1-3-15(13-7-8-14-10-13)12-6-4-5-11(2)9-12/h11-14H,3-10H2,1-2H3. The zero-order valence-corrected chi connectivity index (χ0v) is 10.3. The summed E-state index contributed by atoms with van der Waals surface area (Å²) in [6, 6.07) is 1.70. The lowest BCUT2D eigenvalue weighted by Gasteiger charge is -2.39. The number of hydrogen-bond donors (Lipinski definition) is 1. The molecule has 2 rings (SSSR count). The predicted molar refractivity (Wildman–Crippen MR) is 65.1 cm³/mol. The zero-order chi connectivity index (χ0) is 10.7. The Morgan fingerprint density at radius 1 is 1.20 bits per heavy atom. The Morgan fingerprint density at radius 2 is 2.07 bits per heavy atom. The van der Waals surface area contributed by atoms with Crippen LogP contribution >= 0.6 is 0 Å². The molecule has 0 bridgehead atoms. The minimum atomic E-state index is 0.824. The van der Waals surface area contributed by atoms with Gasteiger partial charge in [-0.3, -0.25) is 4.90 Å². The number of rotatable bonds is 3. The van der Waals surface area contributed by atoms with Gasteiger partial charge in [0.1, 0.15) is 0 Å². The van der Waals surface area contributed by atoms with Crippen LogP contribution in [0.4, 0.5) is 0 Å². The summed E-state index contributed by atoms with van der Waals surface area (Å²) >= 11 is 0. The van der Waals surface area contributed by atoms with Crippen molar-refractivity contribution in [3.05, 3.63) is 0 Å². The van der Waals surface area contributed by atoms with Crippen LogP contribution in [0.1, 0.15) is 46.0 Å². The molecule has 1 saturated heterocycles. The van der Waals surface area contributed by atoms with Crippen LogP contribution in [0.15, 0.2) is 0 Å². The number of nitrogens with one attached hydrogen (secondary N) is 1. The first-order valence-corrected chi connectivity index (χ1v) is 6.77. The van der Waals surface area contributed by atoms with Crippen LogP contribution in [-0.4, -0.2) is 36.6 Å². The Hall–Kier alpha value is -0.0800. The summed E-state index contributed by atoms with van der Waals surface area (Å²) in [5, 5.41) is 3.50. The van der Waals surface area contributed by atoms with Gasteiger partial charge < -0.3 is 5.32 Å². The summed E-state index contributed by atoms with van der Waals surface area (Å²) in [6.07, 6.45) is 7.14. The van der Waals surface area contributed by atoms with Crippen LogP contribution in [0, 0.1) is 5.92 Å². The van der Waals surface area contributed by atoms with E-state index in [4.69, 9.17) is 0 Å². The number of hydrogen-bond acceptors (Lipinski definition) is 2. The Labute approximate surface area is 94.4 Å². The van der Waals surface area contributed by atoms with Gasteiger partial charge in [0, 0.05) is 18.6 Å². The van der Waals surface area contributed by atoms with E-state index in [-0.39, 0.29) is 0 Å². The number of nitrogens with zero attached hydrogens (tertiary/aromatic N) is 1. The second-order valence-electron chi connectivity index (χ2n) is 5.40. The van der Waals surface area contributed by atoms with Crippen molar-refractivity contribution in [1.82, 2.24) is 10.2 Å².